The van der Waals surface area contributed by atoms with Gasteiger partial charge in [-0.1, -0.05) is 0 Å². The Kier molecular flexibility index (Phi) is 5.18. The van der Waals surface area contributed by atoms with Crippen LogP contribution in [0.4, 0.5) is 5.69 Å². The van der Waals surface area contributed by atoms with Gasteiger partial charge in [0.2, 0.25) is 0 Å². The highest BCUT2D eigenvalue weighted by Crippen LogP contribution is 2.28. The summed E-state index contributed by atoms with van der Waals surface area (Å²) in [6.45, 7) is 9.02. The van der Waals surface area contributed by atoms with Crippen molar-refractivity contribution in [3.63, 3.8) is 0 Å². The molecule has 8 heteroatoms. The van der Waals surface area contributed by atoms with Crippen LogP contribution in [-0.4, -0.2) is 50.8 Å². The van der Waals surface area contributed by atoms with E-state index in [-0.39, 0.29) is 0 Å². The number of rotatable bonds is 5. The Morgan fingerprint density at radius 3 is 2.48 bits per heavy atom. The van der Waals surface area contributed by atoms with Crippen LogP contribution in [0.15, 0.2) is 45.3 Å². The third-order valence-electron chi connectivity index (χ3n) is 4.68. The van der Waals surface area contributed by atoms with E-state index in [1.54, 1.807) is 6.33 Å². The lowest BCUT2D eigenvalue weighted by Gasteiger charge is -2.35. The summed E-state index contributed by atoms with van der Waals surface area (Å²) in [5.41, 5.74) is 3.44. The predicted molar refractivity (Wildman–Crippen MR) is 105 cm³/mol. The maximum absolute atomic E-state index is 5.98. The van der Waals surface area contributed by atoms with E-state index < -0.39 is 0 Å². The molecule has 1 aliphatic heterocycles. The lowest BCUT2D eigenvalue weighted by atomic mass is 10.2. The van der Waals surface area contributed by atoms with Gasteiger partial charge in [-0.3, -0.25) is 9.88 Å². The Bertz CT molecular complexity index is 892. The van der Waals surface area contributed by atoms with E-state index in [0.717, 1.165) is 60.1 Å². The molecule has 0 radical (unpaired) electrons. The van der Waals surface area contributed by atoms with Crippen molar-refractivity contribution in [2.75, 3.05) is 31.1 Å². The van der Waals surface area contributed by atoms with Gasteiger partial charge < -0.3 is 13.9 Å². The van der Waals surface area contributed by atoms with Crippen LogP contribution in [0, 0.1) is 13.8 Å². The third-order valence-corrected chi connectivity index (χ3v) is 5.65. The van der Waals surface area contributed by atoms with Crippen molar-refractivity contribution in [1.82, 2.24) is 24.6 Å². The Hall–Kier alpha value is -2.32. The van der Waals surface area contributed by atoms with E-state index in [1.807, 2.05) is 17.7 Å². The number of nitrogens with zero attached hydrogens (tertiary/aromatic N) is 6. The highest BCUT2D eigenvalue weighted by molar-refractivity contribution is 7.99. The first kappa shape index (κ1) is 18.1. The van der Waals surface area contributed by atoms with E-state index in [2.05, 4.69) is 57.0 Å². The number of pyridine rings is 1. The van der Waals surface area contributed by atoms with Crippen molar-refractivity contribution in [1.29, 1.82) is 0 Å². The van der Waals surface area contributed by atoms with Gasteiger partial charge in [0.25, 0.3) is 0 Å². The number of hydrogen-bond donors (Lipinski definition) is 0. The van der Waals surface area contributed by atoms with Gasteiger partial charge in [-0.25, -0.2) is 0 Å². The molecular formula is C19H24N6OS. The first-order chi connectivity index (χ1) is 13.1. The molecule has 0 N–H and O–H groups in total. The number of piperazine rings is 1. The van der Waals surface area contributed by atoms with E-state index in [4.69, 9.17) is 4.42 Å². The molecule has 1 aliphatic rings. The summed E-state index contributed by atoms with van der Waals surface area (Å²) in [7, 11) is 1.93. The van der Waals surface area contributed by atoms with Gasteiger partial charge in [0.05, 0.1) is 6.54 Å². The first-order valence-corrected chi connectivity index (χ1v) is 9.91. The highest BCUT2D eigenvalue weighted by atomic mass is 32.2. The molecule has 0 aliphatic carbocycles. The Morgan fingerprint density at radius 2 is 1.81 bits per heavy atom. The molecule has 0 bridgehead atoms. The van der Waals surface area contributed by atoms with Gasteiger partial charge in [-0.2, -0.15) is 0 Å². The summed E-state index contributed by atoms with van der Waals surface area (Å²) in [5.74, 6) is 0.990. The van der Waals surface area contributed by atoms with Crippen LogP contribution in [-0.2, 0) is 13.6 Å². The summed E-state index contributed by atoms with van der Waals surface area (Å²) in [6.07, 6.45) is 1.69. The molecular weight excluding hydrogens is 360 g/mol. The first-order valence-electron chi connectivity index (χ1n) is 9.10. The molecule has 0 aromatic carbocycles. The van der Waals surface area contributed by atoms with E-state index in [9.17, 15) is 0 Å². The summed E-state index contributed by atoms with van der Waals surface area (Å²) >= 11 is 1.49. The van der Waals surface area contributed by atoms with E-state index in [0.29, 0.717) is 0 Å². The average molecular weight is 385 g/mol. The van der Waals surface area contributed by atoms with Crippen LogP contribution in [0.5, 0.6) is 0 Å². The Balaban J connectivity index is 1.32. The van der Waals surface area contributed by atoms with Gasteiger partial charge in [0, 0.05) is 50.3 Å². The lowest BCUT2D eigenvalue weighted by Crippen LogP contribution is -2.46. The second-order valence-electron chi connectivity index (χ2n) is 6.92. The monoisotopic (exact) mass is 384 g/mol. The molecule has 0 amide bonds. The molecule has 4 heterocycles. The molecule has 142 valence electrons. The van der Waals surface area contributed by atoms with Gasteiger partial charge in [-0.15, -0.1) is 10.2 Å². The standard InChI is InChI=1S/C19H24N6OS/c1-14-10-16(11-15(2)21-14)25-8-6-24(7-9-25)12-17-4-5-18(26-17)27-19-22-20-13-23(19)3/h4-5,10-11,13H,6-9,12H2,1-3H3. The summed E-state index contributed by atoms with van der Waals surface area (Å²) < 4.78 is 7.86. The zero-order valence-corrected chi connectivity index (χ0v) is 16.7. The smallest absolute Gasteiger partial charge is 0.198 e. The van der Waals surface area contributed by atoms with Crippen LogP contribution < -0.4 is 4.90 Å². The van der Waals surface area contributed by atoms with Crippen molar-refractivity contribution >= 4 is 17.4 Å². The fourth-order valence-corrected chi connectivity index (χ4v) is 4.08. The van der Waals surface area contributed by atoms with Gasteiger partial charge in [0.15, 0.2) is 10.2 Å². The number of furan rings is 1. The fraction of sp³-hybridized carbons (Fsp3) is 0.421. The summed E-state index contributed by atoms with van der Waals surface area (Å²) in [4.78, 5) is 9.35. The fourth-order valence-electron chi connectivity index (χ4n) is 3.33. The van der Waals surface area contributed by atoms with Crippen molar-refractivity contribution < 1.29 is 4.42 Å². The van der Waals surface area contributed by atoms with Crippen LogP contribution in [0.2, 0.25) is 0 Å². The van der Waals surface area contributed by atoms with E-state index >= 15 is 0 Å². The third kappa shape index (κ3) is 4.33. The van der Waals surface area contributed by atoms with Crippen molar-refractivity contribution in [2.24, 2.45) is 7.05 Å². The second kappa shape index (κ2) is 7.74. The Labute approximate surface area is 163 Å². The minimum Gasteiger partial charge on any atom is -0.453 e. The molecule has 0 saturated carbocycles. The largest absolute Gasteiger partial charge is 0.453 e. The zero-order chi connectivity index (χ0) is 18.8. The maximum Gasteiger partial charge on any atom is 0.198 e. The number of aryl methyl sites for hydroxylation is 3. The zero-order valence-electron chi connectivity index (χ0n) is 15.9. The molecule has 1 fully saturated rings. The van der Waals surface area contributed by atoms with Crippen molar-refractivity contribution in [3.8, 4) is 0 Å². The molecule has 7 nitrogen and oxygen atoms in total. The molecule has 3 aromatic rings. The number of aromatic nitrogens is 4. The normalized spacial score (nSPS) is 15.4. The minimum atomic E-state index is 0.826. The van der Waals surface area contributed by atoms with Gasteiger partial charge >= 0.3 is 0 Å². The second-order valence-corrected chi connectivity index (χ2v) is 7.89. The lowest BCUT2D eigenvalue weighted by molar-refractivity contribution is 0.225. The van der Waals surface area contributed by atoms with Gasteiger partial charge in [-0.05, 0) is 49.9 Å². The topological polar surface area (TPSA) is 63.2 Å². The van der Waals surface area contributed by atoms with Crippen molar-refractivity contribution in [2.45, 2.75) is 30.6 Å². The molecule has 0 spiro atoms. The number of anilines is 1. The maximum atomic E-state index is 5.98. The van der Waals surface area contributed by atoms with Crippen LogP contribution in [0.25, 0.3) is 0 Å². The molecule has 1 saturated heterocycles. The Morgan fingerprint density at radius 1 is 1.07 bits per heavy atom. The summed E-state index contributed by atoms with van der Waals surface area (Å²) in [6, 6.07) is 8.41. The molecule has 4 rings (SSSR count). The van der Waals surface area contributed by atoms with Gasteiger partial charge in [0.1, 0.15) is 12.1 Å². The highest BCUT2D eigenvalue weighted by Gasteiger charge is 2.19. The summed E-state index contributed by atoms with van der Waals surface area (Å²) in [5, 5.41) is 9.65. The van der Waals surface area contributed by atoms with Crippen molar-refractivity contribution in [3.05, 3.63) is 47.7 Å². The number of hydrogen-bond acceptors (Lipinski definition) is 7. The molecule has 3 aromatic heterocycles. The molecule has 0 atom stereocenters. The van der Waals surface area contributed by atoms with Crippen LogP contribution in [0.3, 0.4) is 0 Å². The average Bonchev–Trinajstić information content (AvgIpc) is 3.24. The van der Waals surface area contributed by atoms with Crippen LogP contribution >= 0.6 is 11.8 Å². The molecule has 0 unspecified atom stereocenters. The quantitative estimate of drug-likeness (QED) is 0.670. The predicted octanol–water partition coefficient (Wildman–Crippen LogP) is 2.89. The molecule has 27 heavy (non-hydrogen) atoms. The minimum absolute atomic E-state index is 0.826. The SMILES string of the molecule is Cc1cc(N2CCN(Cc3ccc(Sc4nncn4C)o3)CC2)cc(C)n1. The van der Waals surface area contributed by atoms with Crippen LogP contribution in [0.1, 0.15) is 17.1 Å². The van der Waals surface area contributed by atoms with E-state index in [1.165, 1.54) is 17.4 Å².